The van der Waals surface area contributed by atoms with E-state index in [1.807, 2.05) is 18.2 Å². The van der Waals surface area contributed by atoms with Gasteiger partial charge in [-0.2, -0.15) is 0 Å². The predicted molar refractivity (Wildman–Crippen MR) is 116 cm³/mol. The van der Waals surface area contributed by atoms with E-state index in [0.717, 1.165) is 9.13 Å². The summed E-state index contributed by atoms with van der Waals surface area (Å²) in [6.07, 6.45) is 2.35. The highest BCUT2D eigenvalue weighted by Gasteiger charge is 2.62. The maximum Gasteiger partial charge on any atom is 0.211 e. The number of carbonyl (C=O) groups is 1. The van der Waals surface area contributed by atoms with E-state index >= 15 is 0 Å². The molecule has 0 spiro atoms. The smallest absolute Gasteiger partial charge is 0.211 e. The van der Waals surface area contributed by atoms with Crippen molar-refractivity contribution in [1.29, 1.82) is 0 Å². The quantitative estimate of drug-likeness (QED) is 0.321. The van der Waals surface area contributed by atoms with E-state index in [0.29, 0.717) is 36.5 Å². The summed E-state index contributed by atoms with van der Waals surface area (Å²) in [5, 5.41) is 17.3. The number of hydrogen-bond acceptors (Lipinski definition) is 8. The molecule has 1 aromatic carbocycles. The lowest BCUT2D eigenvalue weighted by Crippen LogP contribution is -2.55. The van der Waals surface area contributed by atoms with Gasteiger partial charge in [0.05, 0.1) is 12.4 Å². The van der Waals surface area contributed by atoms with Crippen LogP contribution in [-0.2, 0) is 16.1 Å². The molecule has 156 valence electrons. The predicted octanol–water partition coefficient (Wildman–Crippen LogP) is 0.689. The van der Waals surface area contributed by atoms with Crippen LogP contribution < -0.4 is 10.6 Å². The average molecular weight is 521 g/mol. The van der Waals surface area contributed by atoms with Crippen LogP contribution in [0.15, 0.2) is 36.9 Å². The molecule has 2 saturated heterocycles. The molecule has 0 aliphatic carbocycles. The highest BCUT2D eigenvalue weighted by atomic mass is 127. The SMILES string of the molecule is CN(C=O)[C@@]12CN[C@H]([C@H](n3cnc4c(NCc5cccc(I)c5)ncnc43)O1)[C@H]2O. The molecule has 10 nitrogen and oxygen atoms in total. The maximum absolute atomic E-state index is 11.3. The lowest BCUT2D eigenvalue weighted by molar-refractivity contribution is -0.186. The maximum atomic E-state index is 11.3. The molecule has 0 unspecified atom stereocenters. The zero-order chi connectivity index (χ0) is 20.9. The third-order valence-electron chi connectivity index (χ3n) is 5.76. The lowest BCUT2D eigenvalue weighted by Gasteiger charge is -2.36. The Hall–Kier alpha value is -2.35. The van der Waals surface area contributed by atoms with E-state index < -0.39 is 18.1 Å². The Morgan fingerprint density at radius 3 is 3.13 bits per heavy atom. The Morgan fingerprint density at radius 2 is 2.33 bits per heavy atom. The summed E-state index contributed by atoms with van der Waals surface area (Å²) >= 11 is 2.28. The van der Waals surface area contributed by atoms with Gasteiger partial charge in [-0.1, -0.05) is 12.1 Å². The third-order valence-corrected chi connectivity index (χ3v) is 6.43. The summed E-state index contributed by atoms with van der Waals surface area (Å²) < 4.78 is 9.11. The molecule has 30 heavy (non-hydrogen) atoms. The van der Waals surface area contributed by atoms with Crippen LogP contribution >= 0.6 is 22.6 Å². The van der Waals surface area contributed by atoms with Gasteiger partial charge in [0.15, 0.2) is 28.9 Å². The standard InChI is InChI=1S/C19H20IN7O3/c1-26(10-28)19-7-22-13(15(19)29)18(30-19)27-9-25-14-16(23-8-24-17(14)27)21-6-11-3-2-4-12(20)5-11/h2-5,8-10,13,15,18,22,29H,6-7H2,1H3,(H,21,23,24)/t13-,15+,18+,19-/m0/s1. The van der Waals surface area contributed by atoms with E-state index in [4.69, 9.17) is 4.74 Å². The molecule has 2 aliphatic heterocycles. The van der Waals surface area contributed by atoms with Gasteiger partial charge in [-0.05, 0) is 40.3 Å². The Morgan fingerprint density at radius 1 is 1.47 bits per heavy atom. The van der Waals surface area contributed by atoms with Crippen LogP contribution in [0.5, 0.6) is 0 Å². The van der Waals surface area contributed by atoms with Crippen LogP contribution in [0.25, 0.3) is 11.2 Å². The van der Waals surface area contributed by atoms with Crippen LogP contribution in [0.1, 0.15) is 11.8 Å². The van der Waals surface area contributed by atoms with Gasteiger partial charge in [0.1, 0.15) is 12.4 Å². The molecule has 3 aromatic rings. The number of hydrogen-bond donors (Lipinski definition) is 3. The third kappa shape index (κ3) is 2.95. The van der Waals surface area contributed by atoms with Crippen molar-refractivity contribution in [3.8, 4) is 0 Å². The summed E-state index contributed by atoms with van der Waals surface area (Å²) in [7, 11) is 1.60. The van der Waals surface area contributed by atoms with Crippen LogP contribution in [0.4, 0.5) is 5.82 Å². The van der Waals surface area contributed by atoms with Crippen molar-refractivity contribution in [3.05, 3.63) is 46.1 Å². The van der Waals surface area contributed by atoms with Crippen LogP contribution in [-0.4, -0.2) is 67.4 Å². The van der Waals surface area contributed by atoms with Gasteiger partial charge < -0.3 is 25.4 Å². The average Bonchev–Trinajstić information content (AvgIpc) is 3.42. The number of rotatable bonds is 6. The van der Waals surface area contributed by atoms with Crippen molar-refractivity contribution in [1.82, 2.24) is 29.7 Å². The minimum atomic E-state index is -1.10. The number of likely N-dealkylation sites (N-methyl/N-ethyl adjacent to an activating group) is 1. The molecule has 2 fully saturated rings. The van der Waals surface area contributed by atoms with Gasteiger partial charge in [-0.15, -0.1) is 0 Å². The van der Waals surface area contributed by atoms with Gasteiger partial charge in [-0.3, -0.25) is 9.36 Å². The van der Waals surface area contributed by atoms with Gasteiger partial charge in [-0.25, -0.2) is 15.0 Å². The summed E-state index contributed by atoms with van der Waals surface area (Å²) in [5.41, 5.74) is 1.23. The van der Waals surface area contributed by atoms with Crippen molar-refractivity contribution < 1.29 is 14.6 Å². The number of ether oxygens (including phenoxy) is 1. The van der Waals surface area contributed by atoms with E-state index in [-0.39, 0.29) is 6.04 Å². The summed E-state index contributed by atoms with van der Waals surface area (Å²) in [5.74, 6) is 0.619. The molecule has 5 rings (SSSR count). The Labute approximate surface area is 185 Å². The number of aromatic nitrogens is 4. The fourth-order valence-corrected chi connectivity index (χ4v) is 4.75. The van der Waals surface area contributed by atoms with Crippen molar-refractivity contribution >= 4 is 46.0 Å². The fraction of sp³-hybridized carbons (Fsp3) is 0.368. The molecule has 2 bridgehead atoms. The molecule has 3 N–H and O–H groups in total. The number of nitrogens with one attached hydrogen (secondary N) is 2. The minimum absolute atomic E-state index is 0.356. The Bertz CT molecular complexity index is 1110. The summed E-state index contributed by atoms with van der Waals surface area (Å²) in [6, 6.07) is 7.82. The lowest BCUT2D eigenvalue weighted by atomic mass is 10.1. The van der Waals surface area contributed by atoms with Gasteiger partial charge in [0.2, 0.25) is 6.41 Å². The first-order chi connectivity index (χ1) is 14.5. The van der Waals surface area contributed by atoms with E-state index in [1.54, 1.807) is 17.9 Å². The van der Waals surface area contributed by atoms with Crippen molar-refractivity contribution in [2.75, 3.05) is 18.9 Å². The molecule has 0 saturated carbocycles. The second-order valence-corrected chi connectivity index (χ2v) is 8.70. The first-order valence-corrected chi connectivity index (χ1v) is 10.5. The molecule has 2 aromatic heterocycles. The van der Waals surface area contributed by atoms with E-state index in [1.165, 1.54) is 11.2 Å². The number of imidazole rings is 1. The molecule has 2 aliphatic rings. The van der Waals surface area contributed by atoms with Crippen molar-refractivity contribution in [2.24, 2.45) is 0 Å². The number of benzene rings is 1. The minimum Gasteiger partial charge on any atom is -0.386 e. The molecule has 11 heteroatoms. The van der Waals surface area contributed by atoms with E-state index in [9.17, 15) is 9.90 Å². The summed E-state index contributed by atoms with van der Waals surface area (Å²) in [4.78, 5) is 25.9. The van der Waals surface area contributed by atoms with Gasteiger partial charge in [0, 0.05) is 23.7 Å². The first kappa shape index (κ1) is 19.6. The topological polar surface area (TPSA) is 117 Å². The van der Waals surface area contributed by atoms with Gasteiger partial charge in [0.25, 0.3) is 0 Å². The van der Waals surface area contributed by atoms with Crippen LogP contribution in [0.2, 0.25) is 0 Å². The molecule has 4 heterocycles. The number of halogens is 1. The number of amides is 1. The van der Waals surface area contributed by atoms with Crippen molar-refractivity contribution in [2.45, 2.75) is 30.6 Å². The molecule has 4 atom stereocenters. The van der Waals surface area contributed by atoms with Crippen molar-refractivity contribution in [3.63, 3.8) is 0 Å². The second-order valence-electron chi connectivity index (χ2n) is 7.45. The molecule has 0 radical (unpaired) electrons. The molecule has 1 amide bonds. The second kappa shape index (κ2) is 7.41. The van der Waals surface area contributed by atoms with E-state index in [2.05, 4.69) is 54.2 Å². The highest BCUT2D eigenvalue weighted by molar-refractivity contribution is 14.1. The zero-order valence-corrected chi connectivity index (χ0v) is 18.2. The normalized spacial score (nSPS) is 27.5. The zero-order valence-electron chi connectivity index (χ0n) is 16.1. The number of morpholine rings is 1. The fourth-order valence-electron chi connectivity index (χ4n) is 4.15. The summed E-state index contributed by atoms with van der Waals surface area (Å²) in [6.45, 7) is 0.959. The van der Waals surface area contributed by atoms with Crippen LogP contribution in [0.3, 0.4) is 0 Å². The largest absolute Gasteiger partial charge is 0.386 e. The monoisotopic (exact) mass is 521 g/mol. The number of aliphatic hydroxyl groups is 1. The van der Waals surface area contributed by atoms with Gasteiger partial charge >= 0.3 is 0 Å². The Balaban J connectivity index is 1.44. The molecular weight excluding hydrogens is 501 g/mol. The number of fused-ring (bicyclic) bond motifs is 3. The first-order valence-electron chi connectivity index (χ1n) is 9.47. The number of nitrogens with zero attached hydrogens (tertiary/aromatic N) is 5. The molecular formula is C19H20IN7O3. The Kier molecular flexibility index (Phi) is 4.84. The highest BCUT2D eigenvalue weighted by Crippen LogP contribution is 2.43. The number of carbonyl (C=O) groups excluding carboxylic acids is 1. The number of anilines is 1. The van der Waals surface area contributed by atoms with Crippen LogP contribution in [0, 0.1) is 3.57 Å². The number of aliphatic hydroxyl groups excluding tert-OH is 1.